The molecule has 2 atom stereocenters. The van der Waals surface area contributed by atoms with Crippen LogP contribution in [0.15, 0.2) is 29.1 Å². The SMILES string of the molecule is CCn1c(=O)n(C2CCN(CC3CCCCCCC3)CC2COC)c2ccccc21. The molecule has 0 spiro atoms. The lowest BCUT2D eigenvalue weighted by Gasteiger charge is -2.40. The summed E-state index contributed by atoms with van der Waals surface area (Å²) < 4.78 is 9.64. The van der Waals surface area contributed by atoms with E-state index in [1.807, 2.05) is 16.7 Å². The lowest BCUT2D eigenvalue weighted by Crippen LogP contribution is -2.46. The predicted molar refractivity (Wildman–Crippen MR) is 123 cm³/mol. The van der Waals surface area contributed by atoms with Gasteiger partial charge in [-0.3, -0.25) is 9.13 Å². The van der Waals surface area contributed by atoms with E-state index in [0.29, 0.717) is 19.1 Å². The molecule has 1 saturated carbocycles. The van der Waals surface area contributed by atoms with Crippen LogP contribution in [0, 0.1) is 11.8 Å². The van der Waals surface area contributed by atoms with Gasteiger partial charge in [0.15, 0.2) is 0 Å². The van der Waals surface area contributed by atoms with Crippen LogP contribution in [0.2, 0.25) is 0 Å². The second-order valence-corrected chi connectivity index (χ2v) is 9.43. The molecule has 2 heterocycles. The van der Waals surface area contributed by atoms with Crippen molar-refractivity contribution >= 4 is 11.0 Å². The third kappa shape index (κ3) is 4.52. The highest BCUT2D eigenvalue weighted by molar-refractivity contribution is 5.76. The molecule has 0 amide bonds. The van der Waals surface area contributed by atoms with Crippen molar-refractivity contribution in [2.24, 2.45) is 11.8 Å². The van der Waals surface area contributed by atoms with Crippen LogP contribution in [-0.4, -0.2) is 47.4 Å². The molecule has 1 saturated heterocycles. The molecule has 0 N–H and O–H groups in total. The van der Waals surface area contributed by atoms with Gasteiger partial charge < -0.3 is 9.64 Å². The van der Waals surface area contributed by atoms with Crippen molar-refractivity contribution in [1.29, 1.82) is 0 Å². The standard InChI is InChI=1S/C25H39N3O2/c1-3-27-23-13-9-10-14-24(23)28(25(27)29)22-15-16-26(18-21(22)19-30-2)17-20-11-7-5-4-6-8-12-20/h9-10,13-14,20-22H,3-8,11-12,15-19H2,1-2H3. The summed E-state index contributed by atoms with van der Waals surface area (Å²) in [4.78, 5) is 16.0. The van der Waals surface area contributed by atoms with E-state index in [1.165, 1.54) is 51.5 Å². The summed E-state index contributed by atoms with van der Waals surface area (Å²) in [6.07, 6.45) is 10.8. The topological polar surface area (TPSA) is 39.4 Å². The minimum atomic E-state index is 0.137. The van der Waals surface area contributed by atoms with Gasteiger partial charge in [0.2, 0.25) is 0 Å². The number of piperidine rings is 1. The van der Waals surface area contributed by atoms with E-state index in [1.54, 1.807) is 7.11 Å². The number of methoxy groups -OCH3 is 1. The molecule has 1 aliphatic heterocycles. The monoisotopic (exact) mass is 413 g/mol. The number of ether oxygens (including phenoxy) is 1. The summed E-state index contributed by atoms with van der Waals surface area (Å²) in [6.45, 7) is 6.82. The van der Waals surface area contributed by atoms with Gasteiger partial charge in [0.05, 0.1) is 17.6 Å². The number of hydrogen-bond donors (Lipinski definition) is 0. The molecule has 1 aromatic carbocycles. The summed E-state index contributed by atoms with van der Waals surface area (Å²) in [5, 5.41) is 0. The van der Waals surface area contributed by atoms with Gasteiger partial charge in [0, 0.05) is 45.2 Å². The van der Waals surface area contributed by atoms with Crippen LogP contribution in [-0.2, 0) is 11.3 Å². The maximum Gasteiger partial charge on any atom is 0.329 e. The smallest absolute Gasteiger partial charge is 0.329 e. The lowest BCUT2D eigenvalue weighted by atomic mass is 9.88. The Bertz CT molecular complexity index is 863. The van der Waals surface area contributed by atoms with E-state index >= 15 is 0 Å². The molecule has 5 heteroatoms. The van der Waals surface area contributed by atoms with Gasteiger partial charge >= 0.3 is 5.69 Å². The first-order valence-electron chi connectivity index (χ1n) is 12.1. The molecule has 2 fully saturated rings. The summed E-state index contributed by atoms with van der Waals surface area (Å²) in [5.74, 6) is 1.20. The quantitative estimate of drug-likeness (QED) is 0.689. The summed E-state index contributed by atoms with van der Waals surface area (Å²) >= 11 is 0. The van der Waals surface area contributed by atoms with E-state index in [0.717, 1.165) is 36.5 Å². The molecule has 4 rings (SSSR count). The third-order valence-corrected chi connectivity index (χ3v) is 7.42. The van der Waals surface area contributed by atoms with Crippen molar-refractivity contribution in [3.8, 4) is 0 Å². The largest absolute Gasteiger partial charge is 0.384 e. The Morgan fingerprint density at radius 3 is 2.40 bits per heavy atom. The van der Waals surface area contributed by atoms with Crippen LogP contribution in [0.3, 0.4) is 0 Å². The van der Waals surface area contributed by atoms with Crippen LogP contribution in [0.4, 0.5) is 0 Å². The fraction of sp³-hybridized carbons (Fsp3) is 0.720. The summed E-state index contributed by atoms with van der Waals surface area (Å²) in [7, 11) is 1.79. The van der Waals surface area contributed by atoms with E-state index in [4.69, 9.17) is 4.74 Å². The third-order valence-electron chi connectivity index (χ3n) is 7.42. The second kappa shape index (κ2) is 10.1. The Morgan fingerprint density at radius 1 is 1.00 bits per heavy atom. The van der Waals surface area contributed by atoms with Gasteiger partial charge in [-0.25, -0.2) is 4.79 Å². The van der Waals surface area contributed by atoms with Gasteiger partial charge in [-0.05, 0) is 44.2 Å². The summed E-state index contributed by atoms with van der Waals surface area (Å²) in [6, 6.07) is 8.47. The molecule has 2 unspecified atom stereocenters. The highest BCUT2D eigenvalue weighted by Crippen LogP contribution is 2.32. The molecule has 2 aromatic rings. The van der Waals surface area contributed by atoms with Gasteiger partial charge in [0.25, 0.3) is 0 Å². The van der Waals surface area contributed by atoms with E-state index < -0.39 is 0 Å². The fourth-order valence-corrected chi connectivity index (χ4v) is 5.93. The maximum atomic E-state index is 13.3. The Balaban J connectivity index is 1.54. The minimum Gasteiger partial charge on any atom is -0.384 e. The van der Waals surface area contributed by atoms with Gasteiger partial charge in [0.1, 0.15) is 0 Å². The van der Waals surface area contributed by atoms with Crippen molar-refractivity contribution in [1.82, 2.24) is 14.0 Å². The van der Waals surface area contributed by atoms with Crippen molar-refractivity contribution in [3.63, 3.8) is 0 Å². The zero-order valence-electron chi connectivity index (χ0n) is 18.9. The van der Waals surface area contributed by atoms with E-state index in [2.05, 4.69) is 28.5 Å². The average Bonchev–Trinajstić information content (AvgIpc) is 3.01. The zero-order valence-corrected chi connectivity index (χ0v) is 18.9. The Hall–Kier alpha value is -1.59. The van der Waals surface area contributed by atoms with E-state index in [9.17, 15) is 4.79 Å². The van der Waals surface area contributed by atoms with Crippen molar-refractivity contribution in [2.45, 2.75) is 70.9 Å². The maximum absolute atomic E-state index is 13.3. The number of hydrogen-bond acceptors (Lipinski definition) is 3. The van der Waals surface area contributed by atoms with Gasteiger partial charge in [-0.15, -0.1) is 0 Å². The van der Waals surface area contributed by atoms with Crippen LogP contribution in [0.1, 0.15) is 64.3 Å². The molecule has 1 aromatic heterocycles. The molecule has 30 heavy (non-hydrogen) atoms. The number of benzene rings is 1. The molecule has 5 nitrogen and oxygen atoms in total. The van der Waals surface area contributed by atoms with Crippen molar-refractivity contribution in [2.75, 3.05) is 33.4 Å². The molecular weight excluding hydrogens is 374 g/mol. The number of para-hydroxylation sites is 2. The van der Waals surface area contributed by atoms with Crippen LogP contribution < -0.4 is 5.69 Å². The fourth-order valence-electron chi connectivity index (χ4n) is 5.93. The number of imidazole rings is 1. The number of aromatic nitrogens is 2. The molecule has 2 aliphatic rings. The number of likely N-dealkylation sites (tertiary alicyclic amines) is 1. The highest BCUT2D eigenvalue weighted by atomic mass is 16.5. The summed E-state index contributed by atoms with van der Waals surface area (Å²) in [5.41, 5.74) is 2.26. The molecule has 1 aliphatic carbocycles. The molecular formula is C25H39N3O2. The molecule has 0 radical (unpaired) electrons. The first kappa shape index (κ1) is 21.6. The average molecular weight is 414 g/mol. The van der Waals surface area contributed by atoms with Crippen molar-refractivity contribution < 1.29 is 4.74 Å². The van der Waals surface area contributed by atoms with Gasteiger partial charge in [-0.2, -0.15) is 0 Å². The van der Waals surface area contributed by atoms with Gasteiger partial charge in [-0.1, -0.05) is 44.2 Å². The van der Waals surface area contributed by atoms with Crippen molar-refractivity contribution in [3.05, 3.63) is 34.7 Å². The minimum absolute atomic E-state index is 0.137. The number of nitrogens with zero attached hydrogens (tertiary/aromatic N) is 3. The number of aryl methyl sites for hydroxylation is 1. The predicted octanol–water partition coefficient (Wildman–Crippen LogP) is 4.69. The Labute approximate surface area is 181 Å². The normalized spacial score (nSPS) is 24.7. The first-order valence-corrected chi connectivity index (χ1v) is 12.1. The van der Waals surface area contributed by atoms with Crippen LogP contribution in [0.25, 0.3) is 11.0 Å². The molecule has 0 bridgehead atoms. The van der Waals surface area contributed by atoms with Crippen LogP contribution in [0.5, 0.6) is 0 Å². The number of fused-ring (bicyclic) bond motifs is 1. The lowest BCUT2D eigenvalue weighted by molar-refractivity contribution is 0.0465. The van der Waals surface area contributed by atoms with Crippen LogP contribution >= 0.6 is 0 Å². The molecule has 166 valence electrons. The van der Waals surface area contributed by atoms with E-state index in [-0.39, 0.29) is 11.7 Å². The zero-order chi connectivity index (χ0) is 20.9. The Morgan fingerprint density at radius 2 is 1.70 bits per heavy atom. The number of rotatable bonds is 6. The highest BCUT2D eigenvalue weighted by Gasteiger charge is 2.33. The Kier molecular flexibility index (Phi) is 7.32. The second-order valence-electron chi connectivity index (χ2n) is 9.43. The first-order chi connectivity index (χ1) is 14.7.